The van der Waals surface area contributed by atoms with Crippen molar-refractivity contribution in [3.63, 3.8) is 0 Å². The van der Waals surface area contributed by atoms with Crippen molar-refractivity contribution in [3.8, 4) is 6.07 Å². The van der Waals surface area contributed by atoms with E-state index in [1.54, 1.807) is 0 Å². The molecule has 2 atom stereocenters. The second-order valence-corrected chi connectivity index (χ2v) is 4.97. The van der Waals surface area contributed by atoms with E-state index >= 15 is 0 Å². The van der Waals surface area contributed by atoms with Gasteiger partial charge in [-0.15, -0.1) is 11.6 Å². The number of hydrogen-bond acceptors (Lipinski definition) is 2. The lowest BCUT2D eigenvalue weighted by Crippen LogP contribution is -2.37. The molecule has 1 aromatic rings. The summed E-state index contributed by atoms with van der Waals surface area (Å²) in [4.78, 5) is 2.23. The Kier molecular flexibility index (Phi) is 3.36. The number of halogens is 1. The predicted octanol–water partition coefficient (Wildman–Crippen LogP) is 2.82. The van der Waals surface area contributed by atoms with Crippen molar-refractivity contribution in [2.24, 2.45) is 5.92 Å². The molecule has 0 saturated heterocycles. The molecule has 0 spiro atoms. The van der Waals surface area contributed by atoms with Crippen molar-refractivity contribution < 1.29 is 0 Å². The van der Waals surface area contributed by atoms with E-state index in [0.717, 1.165) is 13.0 Å². The fourth-order valence-electron chi connectivity index (χ4n) is 2.31. The quantitative estimate of drug-likeness (QED) is 0.736. The molecule has 1 aromatic carbocycles. The van der Waals surface area contributed by atoms with Crippen molar-refractivity contribution in [1.29, 1.82) is 5.26 Å². The van der Waals surface area contributed by atoms with Crippen molar-refractivity contribution in [2.45, 2.75) is 18.7 Å². The van der Waals surface area contributed by atoms with Crippen molar-refractivity contribution in [1.82, 2.24) is 0 Å². The average Bonchev–Trinajstić information content (AvgIpc) is 2.28. The minimum atomic E-state index is -0.432. The molecule has 0 aliphatic carbocycles. The second kappa shape index (κ2) is 4.76. The Balaban J connectivity index is 2.24. The molecule has 1 heterocycles. The normalized spacial score (nSPS) is 21.1. The molecule has 2 nitrogen and oxygen atoms in total. The van der Waals surface area contributed by atoms with Gasteiger partial charge in [-0.05, 0) is 24.0 Å². The van der Waals surface area contributed by atoms with Crippen LogP contribution in [0.4, 0.5) is 5.69 Å². The number of fused-ring (bicyclic) bond motifs is 1. The smallest absolute Gasteiger partial charge is 0.137 e. The van der Waals surface area contributed by atoms with Crippen molar-refractivity contribution in [3.05, 3.63) is 29.8 Å². The van der Waals surface area contributed by atoms with E-state index in [1.165, 1.54) is 11.3 Å². The van der Waals surface area contributed by atoms with Gasteiger partial charge >= 0.3 is 0 Å². The van der Waals surface area contributed by atoms with Crippen LogP contribution in [0.25, 0.3) is 0 Å². The van der Waals surface area contributed by atoms with E-state index in [4.69, 9.17) is 16.9 Å². The summed E-state index contributed by atoms with van der Waals surface area (Å²) in [5, 5.41) is 8.34. The molecule has 0 aromatic heterocycles. The third-order valence-corrected chi connectivity index (χ3v) is 3.19. The first-order valence-electron chi connectivity index (χ1n) is 5.57. The van der Waals surface area contributed by atoms with Crippen molar-refractivity contribution >= 4 is 17.3 Å². The molecule has 1 aliphatic rings. The maximum Gasteiger partial charge on any atom is 0.137 e. The van der Waals surface area contributed by atoms with Crippen LogP contribution in [-0.2, 0) is 6.42 Å². The third-order valence-electron chi connectivity index (χ3n) is 2.95. The van der Waals surface area contributed by atoms with Crippen LogP contribution in [0.1, 0.15) is 12.5 Å². The summed E-state index contributed by atoms with van der Waals surface area (Å²) >= 11 is 5.91. The fraction of sp³-hybridized carbons (Fsp3) is 0.462. The molecule has 0 amide bonds. The van der Waals surface area contributed by atoms with Gasteiger partial charge in [-0.1, -0.05) is 25.1 Å². The van der Waals surface area contributed by atoms with Crippen LogP contribution in [0.3, 0.4) is 0 Å². The van der Waals surface area contributed by atoms with Gasteiger partial charge in [0.05, 0.1) is 6.07 Å². The van der Waals surface area contributed by atoms with Gasteiger partial charge in [-0.2, -0.15) is 5.26 Å². The van der Waals surface area contributed by atoms with Gasteiger partial charge in [0.25, 0.3) is 0 Å². The van der Waals surface area contributed by atoms with Crippen LogP contribution >= 0.6 is 11.6 Å². The monoisotopic (exact) mass is 234 g/mol. The molecule has 0 saturated carbocycles. The largest absolute Gasteiger partial charge is 0.368 e. The zero-order valence-electron chi connectivity index (χ0n) is 9.36. The van der Waals surface area contributed by atoms with Crippen molar-refractivity contribution in [2.75, 3.05) is 18.0 Å². The molecule has 0 fully saturated rings. The molecule has 0 N–H and O–H groups in total. The molecule has 2 rings (SSSR count). The molecule has 2 unspecified atom stereocenters. The minimum absolute atomic E-state index is 0.432. The van der Waals surface area contributed by atoms with E-state index in [-0.39, 0.29) is 0 Å². The highest BCUT2D eigenvalue weighted by Crippen LogP contribution is 2.29. The maximum atomic E-state index is 8.77. The zero-order valence-corrected chi connectivity index (χ0v) is 10.1. The summed E-state index contributed by atoms with van der Waals surface area (Å²) < 4.78 is 0. The lowest BCUT2D eigenvalue weighted by molar-refractivity contribution is 0.534. The van der Waals surface area contributed by atoms with Gasteiger partial charge in [0.15, 0.2) is 0 Å². The Bertz CT molecular complexity index is 411. The highest BCUT2D eigenvalue weighted by molar-refractivity contribution is 6.22. The SMILES string of the molecule is CC1Cc2ccccc2N(CC(Cl)C#N)C1. The molecular weight excluding hydrogens is 220 g/mol. The number of benzene rings is 1. The number of nitriles is 1. The Morgan fingerprint density at radius 2 is 2.31 bits per heavy atom. The summed E-state index contributed by atoms with van der Waals surface area (Å²) in [5.41, 5.74) is 2.60. The van der Waals surface area contributed by atoms with Crippen LogP contribution in [0, 0.1) is 17.2 Å². The molecule has 0 bridgehead atoms. The number of para-hydroxylation sites is 1. The van der Waals surface area contributed by atoms with Gasteiger partial charge < -0.3 is 4.90 Å². The minimum Gasteiger partial charge on any atom is -0.368 e. The third kappa shape index (κ3) is 2.31. The lowest BCUT2D eigenvalue weighted by atomic mass is 9.94. The molecule has 84 valence electrons. The summed E-state index contributed by atoms with van der Waals surface area (Å²) in [7, 11) is 0. The van der Waals surface area contributed by atoms with Gasteiger partial charge in [-0.3, -0.25) is 0 Å². The first kappa shape index (κ1) is 11.3. The Morgan fingerprint density at radius 1 is 1.56 bits per heavy atom. The standard InChI is InChI=1S/C13H15ClN2/c1-10-6-11-4-2-3-5-13(11)16(8-10)9-12(14)7-15/h2-5,10,12H,6,8-9H2,1H3. The summed E-state index contributed by atoms with van der Waals surface area (Å²) in [6.07, 6.45) is 1.12. The van der Waals surface area contributed by atoms with Gasteiger partial charge in [0, 0.05) is 18.8 Å². The molecule has 0 radical (unpaired) electrons. The first-order chi connectivity index (χ1) is 7.70. The Hall–Kier alpha value is -1.20. The van der Waals surface area contributed by atoms with E-state index in [2.05, 4.69) is 36.1 Å². The predicted molar refractivity (Wildman–Crippen MR) is 66.8 cm³/mol. The van der Waals surface area contributed by atoms with Gasteiger partial charge in [-0.25, -0.2) is 0 Å². The van der Waals surface area contributed by atoms with Gasteiger partial charge in [0.1, 0.15) is 5.38 Å². The average molecular weight is 235 g/mol. The van der Waals surface area contributed by atoms with E-state index < -0.39 is 5.38 Å². The number of nitrogens with zero attached hydrogens (tertiary/aromatic N) is 2. The highest BCUT2D eigenvalue weighted by atomic mass is 35.5. The topological polar surface area (TPSA) is 27.0 Å². The van der Waals surface area contributed by atoms with E-state index in [9.17, 15) is 0 Å². The number of anilines is 1. The zero-order chi connectivity index (χ0) is 11.5. The van der Waals surface area contributed by atoms with Crippen LogP contribution in [-0.4, -0.2) is 18.5 Å². The summed E-state index contributed by atoms with van der Waals surface area (Å²) in [6, 6.07) is 10.5. The maximum absolute atomic E-state index is 8.77. The molecule has 16 heavy (non-hydrogen) atoms. The number of alkyl halides is 1. The lowest BCUT2D eigenvalue weighted by Gasteiger charge is -2.35. The molecule has 3 heteroatoms. The molecule has 1 aliphatic heterocycles. The molecular formula is C13H15ClN2. The van der Waals surface area contributed by atoms with Crippen LogP contribution in [0.2, 0.25) is 0 Å². The number of hydrogen-bond donors (Lipinski definition) is 0. The highest BCUT2D eigenvalue weighted by Gasteiger charge is 2.22. The van der Waals surface area contributed by atoms with E-state index in [1.807, 2.05) is 6.07 Å². The second-order valence-electron chi connectivity index (χ2n) is 4.44. The van der Waals surface area contributed by atoms with Gasteiger partial charge in [0.2, 0.25) is 0 Å². The van der Waals surface area contributed by atoms with Crippen LogP contribution in [0.5, 0.6) is 0 Å². The van der Waals surface area contributed by atoms with Crippen LogP contribution < -0.4 is 4.90 Å². The Labute approximate surface area is 101 Å². The summed E-state index contributed by atoms with van der Waals surface area (Å²) in [6.45, 7) is 3.83. The first-order valence-corrected chi connectivity index (χ1v) is 6.01. The fourth-order valence-corrected chi connectivity index (χ4v) is 2.48. The summed E-state index contributed by atoms with van der Waals surface area (Å²) in [5.74, 6) is 0.623. The number of rotatable bonds is 2. The Morgan fingerprint density at radius 3 is 3.06 bits per heavy atom. The van der Waals surface area contributed by atoms with E-state index in [0.29, 0.717) is 12.5 Å². The van der Waals surface area contributed by atoms with Crippen LogP contribution in [0.15, 0.2) is 24.3 Å².